The topological polar surface area (TPSA) is 26.3 Å². The van der Waals surface area contributed by atoms with Crippen LogP contribution in [0.1, 0.15) is 19.4 Å². The molecule has 0 saturated carbocycles. The van der Waals surface area contributed by atoms with Gasteiger partial charge in [0, 0.05) is 0 Å². The van der Waals surface area contributed by atoms with Crippen LogP contribution in [0.2, 0.25) is 0 Å². The highest BCUT2D eigenvalue weighted by molar-refractivity contribution is 7.80. The van der Waals surface area contributed by atoms with E-state index in [0.717, 1.165) is 5.56 Å². The van der Waals surface area contributed by atoms with E-state index in [4.69, 9.17) is 0 Å². The Balaban J connectivity index is 0.000000791. The van der Waals surface area contributed by atoms with E-state index in [2.05, 4.69) is 10.8 Å². The Morgan fingerprint density at radius 3 is 2.14 bits per heavy atom. The fourth-order valence-corrected chi connectivity index (χ4v) is 1.36. The molecular weight excluding hydrogens is 196 g/mol. The van der Waals surface area contributed by atoms with Crippen LogP contribution in [0.15, 0.2) is 35.7 Å². The molecule has 0 heterocycles. The Bertz CT molecular complexity index is 291. The number of benzene rings is 1. The Hall–Kier alpha value is -0.930. The maximum Gasteiger partial charge on any atom is 0.188 e. The van der Waals surface area contributed by atoms with E-state index in [1.165, 1.54) is 7.11 Å². The van der Waals surface area contributed by atoms with Gasteiger partial charge in [0.25, 0.3) is 0 Å². The SMILES string of the molecule is C=Cc1ccc(S(=O)OC)cc1.CC. The average Bonchev–Trinajstić information content (AvgIpc) is 2.31. The lowest BCUT2D eigenvalue weighted by atomic mass is 10.2. The van der Waals surface area contributed by atoms with Crippen molar-refractivity contribution in [2.24, 2.45) is 0 Å². The Kier molecular flexibility index (Phi) is 6.98. The molecule has 0 aliphatic rings. The van der Waals surface area contributed by atoms with Gasteiger partial charge in [-0.3, -0.25) is 4.18 Å². The zero-order chi connectivity index (χ0) is 11.0. The second kappa shape index (κ2) is 7.47. The largest absolute Gasteiger partial charge is 0.290 e. The fraction of sp³-hybridized carbons (Fsp3) is 0.273. The van der Waals surface area contributed by atoms with E-state index in [1.54, 1.807) is 18.2 Å². The summed E-state index contributed by atoms with van der Waals surface area (Å²) >= 11 is -1.33. The van der Waals surface area contributed by atoms with E-state index in [1.807, 2.05) is 26.0 Å². The maximum atomic E-state index is 11.1. The third-order valence-electron chi connectivity index (χ3n) is 1.46. The molecule has 0 fully saturated rings. The molecule has 3 heteroatoms. The van der Waals surface area contributed by atoms with Crippen molar-refractivity contribution in [2.45, 2.75) is 18.7 Å². The van der Waals surface area contributed by atoms with Gasteiger partial charge in [0.05, 0.1) is 12.0 Å². The first kappa shape index (κ1) is 13.1. The first-order valence-corrected chi connectivity index (χ1v) is 5.54. The molecular formula is C11H16O2S. The van der Waals surface area contributed by atoms with Crippen LogP contribution >= 0.6 is 0 Å². The van der Waals surface area contributed by atoms with Crippen LogP contribution in [0.3, 0.4) is 0 Å². The van der Waals surface area contributed by atoms with Crippen LogP contribution in [-0.2, 0) is 15.3 Å². The molecule has 0 amide bonds. The Labute approximate surface area is 88.3 Å². The highest BCUT2D eigenvalue weighted by Gasteiger charge is 1.99. The van der Waals surface area contributed by atoms with Crippen molar-refractivity contribution >= 4 is 17.2 Å². The van der Waals surface area contributed by atoms with Gasteiger partial charge in [0.1, 0.15) is 0 Å². The van der Waals surface area contributed by atoms with Gasteiger partial charge in [0.2, 0.25) is 0 Å². The normalized spacial score (nSPS) is 11.1. The van der Waals surface area contributed by atoms with Gasteiger partial charge in [-0.15, -0.1) is 0 Å². The molecule has 1 atom stereocenters. The smallest absolute Gasteiger partial charge is 0.188 e. The molecule has 0 bridgehead atoms. The quantitative estimate of drug-likeness (QED) is 0.769. The average molecular weight is 212 g/mol. The molecule has 0 radical (unpaired) electrons. The molecule has 0 aliphatic heterocycles. The molecule has 0 spiro atoms. The van der Waals surface area contributed by atoms with Gasteiger partial charge in [0.15, 0.2) is 11.1 Å². The summed E-state index contributed by atoms with van der Waals surface area (Å²) in [6, 6.07) is 7.21. The zero-order valence-electron chi connectivity index (χ0n) is 8.82. The second-order valence-electron chi connectivity index (χ2n) is 2.17. The minimum atomic E-state index is -1.33. The summed E-state index contributed by atoms with van der Waals surface area (Å²) in [5.41, 5.74) is 1.01. The van der Waals surface area contributed by atoms with Gasteiger partial charge in [-0.2, -0.15) is 0 Å². The van der Waals surface area contributed by atoms with Crippen LogP contribution in [0, 0.1) is 0 Å². The predicted molar refractivity (Wildman–Crippen MR) is 61.3 cm³/mol. The Morgan fingerprint density at radius 1 is 1.29 bits per heavy atom. The lowest BCUT2D eigenvalue weighted by Crippen LogP contribution is -1.92. The first-order valence-electron chi connectivity index (χ1n) is 4.46. The third kappa shape index (κ3) is 3.85. The molecule has 1 rings (SSSR count). The minimum absolute atomic E-state index is 0.670. The van der Waals surface area contributed by atoms with Gasteiger partial charge in [-0.05, 0) is 17.7 Å². The number of hydrogen-bond donors (Lipinski definition) is 0. The molecule has 0 aliphatic carbocycles. The summed E-state index contributed by atoms with van der Waals surface area (Å²) in [4.78, 5) is 0.670. The van der Waals surface area contributed by atoms with E-state index in [0.29, 0.717) is 4.90 Å². The van der Waals surface area contributed by atoms with Crippen molar-refractivity contribution in [3.05, 3.63) is 36.4 Å². The lowest BCUT2D eigenvalue weighted by Gasteiger charge is -1.98. The predicted octanol–water partition coefficient (Wildman–Crippen LogP) is 3.02. The summed E-state index contributed by atoms with van der Waals surface area (Å²) in [5.74, 6) is 0. The second-order valence-corrected chi connectivity index (χ2v) is 3.45. The Morgan fingerprint density at radius 2 is 1.79 bits per heavy atom. The molecule has 14 heavy (non-hydrogen) atoms. The lowest BCUT2D eigenvalue weighted by molar-refractivity contribution is 0.446. The van der Waals surface area contributed by atoms with Gasteiger partial charge in [-0.1, -0.05) is 38.6 Å². The van der Waals surface area contributed by atoms with Gasteiger partial charge >= 0.3 is 0 Å². The van der Waals surface area contributed by atoms with Crippen LogP contribution in [-0.4, -0.2) is 11.3 Å². The summed E-state index contributed by atoms with van der Waals surface area (Å²) in [6.45, 7) is 7.62. The van der Waals surface area contributed by atoms with Gasteiger partial charge < -0.3 is 0 Å². The van der Waals surface area contributed by atoms with Crippen molar-refractivity contribution < 1.29 is 8.39 Å². The van der Waals surface area contributed by atoms with Crippen LogP contribution in [0.4, 0.5) is 0 Å². The number of hydrogen-bond acceptors (Lipinski definition) is 2. The van der Waals surface area contributed by atoms with E-state index in [-0.39, 0.29) is 0 Å². The molecule has 78 valence electrons. The van der Waals surface area contributed by atoms with Crippen LogP contribution in [0.5, 0.6) is 0 Å². The van der Waals surface area contributed by atoms with Crippen molar-refractivity contribution in [2.75, 3.05) is 7.11 Å². The molecule has 1 unspecified atom stereocenters. The van der Waals surface area contributed by atoms with Gasteiger partial charge in [-0.25, -0.2) is 4.21 Å². The molecule has 0 saturated heterocycles. The van der Waals surface area contributed by atoms with E-state index >= 15 is 0 Å². The summed E-state index contributed by atoms with van der Waals surface area (Å²) < 4.78 is 15.7. The maximum absolute atomic E-state index is 11.1. The van der Waals surface area contributed by atoms with Crippen LogP contribution < -0.4 is 0 Å². The minimum Gasteiger partial charge on any atom is -0.290 e. The van der Waals surface area contributed by atoms with Crippen molar-refractivity contribution in [1.29, 1.82) is 0 Å². The monoisotopic (exact) mass is 212 g/mol. The molecule has 1 aromatic rings. The van der Waals surface area contributed by atoms with Crippen molar-refractivity contribution in [3.63, 3.8) is 0 Å². The highest BCUT2D eigenvalue weighted by Crippen LogP contribution is 2.09. The van der Waals surface area contributed by atoms with Crippen molar-refractivity contribution in [3.8, 4) is 0 Å². The summed E-state index contributed by atoms with van der Waals surface area (Å²) in [5, 5.41) is 0. The highest BCUT2D eigenvalue weighted by atomic mass is 32.2. The molecule has 2 nitrogen and oxygen atoms in total. The number of rotatable bonds is 3. The zero-order valence-corrected chi connectivity index (χ0v) is 9.64. The summed E-state index contributed by atoms with van der Waals surface area (Å²) in [6.07, 6.45) is 1.74. The standard InChI is InChI=1S/C9H10O2S.C2H6/c1-3-8-4-6-9(7-5-8)12(10)11-2;1-2/h3-7H,1H2,2H3;1-2H3. The molecule has 0 aromatic heterocycles. The van der Waals surface area contributed by atoms with E-state index < -0.39 is 11.1 Å². The summed E-state index contributed by atoms with van der Waals surface area (Å²) in [7, 11) is 1.41. The fourth-order valence-electron chi connectivity index (χ4n) is 0.811. The van der Waals surface area contributed by atoms with Crippen molar-refractivity contribution in [1.82, 2.24) is 0 Å². The third-order valence-corrected chi connectivity index (χ3v) is 2.42. The van der Waals surface area contributed by atoms with Crippen LogP contribution in [0.25, 0.3) is 6.08 Å². The van der Waals surface area contributed by atoms with E-state index in [9.17, 15) is 4.21 Å². The molecule has 1 aromatic carbocycles. The first-order chi connectivity index (χ1) is 6.77. The molecule has 0 N–H and O–H groups in total.